The highest BCUT2D eigenvalue weighted by Crippen LogP contribution is 2.54. The van der Waals surface area contributed by atoms with Crippen molar-refractivity contribution in [2.75, 3.05) is 7.11 Å². The first-order chi connectivity index (χ1) is 13.6. The van der Waals surface area contributed by atoms with Gasteiger partial charge in [0.15, 0.2) is 0 Å². The van der Waals surface area contributed by atoms with E-state index in [1.54, 1.807) is 13.3 Å². The molecule has 5 heteroatoms. The number of amides is 1. The highest BCUT2D eigenvalue weighted by Gasteiger charge is 2.51. The quantitative estimate of drug-likeness (QED) is 0.814. The summed E-state index contributed by atoms with van der Waals surface area (Å²) in [5, 5.41) is 3.40. The lowest BCUT2D eigenvalue weighted by Crippen LogP contribution is -2.59. The highest BCUT2D eigenvalue weighted by atomic mass is 16.5. The average molecular weight is 382 g/mol. The fourth-order valence-corrected chi connectivity index (χ4v) is 5.41. The first-order valence-corrected chi connectivity index (χ1v) is 10.5. The van der Waals surface area contributed by atoms with Gasteiger partial charge in [0.25, 0.3) is 0 Å². The van der Waals surface area contributed by atoms with Gasteiger partial charge in [0.05, 0.1) is 7.11 Å². The monoisotopic (exact) mass is 381 g/mol. The SMILES string of the molecule is COc1ccc([C@H]2[C@@H]3CCCC[C@@H]3[C@@H]2NC(=O)C[C@H](C)n2ccnc2C)cc1. The van der Waals surface area contributed by atoms with Crippen molar-refractivity contribution < 1.29 is 9.53 Å². The van der Waals surface area contributed by atoms with E-state index in [0.29, 0.717) is 24.2 Å². The lowest BCUT2D eigenvalue weighted by molar-refractivity contribution is -0.125. The number of rotatable bonds is 6. The van der Waals surface area contributed by atoms with Crippen molar-refractivity contribution in [2.45, 2.75) is 64.0 Å². The Bertz CT molecular complexity index is 814. The molecule has 150 valence electrons. The maximum Gasteiger partial charge on any atom is 0.222 e. The molecule has 0 radical (unpaired) electrons. The minimum Gasteiger partial charge on any atom is -0.497 e. The molecule has 1 N–H and O–H groups in total. The summed E-state index contributed by atoms with van der Waals surface area (Å²) >= 11 is 0. The third-order valence-corrected chi connectivity index (χ3v) is 6.83. The number of hydrogen-bond acceptors (Lipinski definition) is 3. The van der Waals surface area contributed by atoms with E-state index in [9.17, 15) is 4.79 Å². The molecule has 0 unspecified atom stereocenters. The van der Waals surface area contributed by atoms with Crippen molar-refractivity contribution in [3.05, 3.63) is 48.0 Å². The average Bonchev–Trinajstić information content (AvgIpc) is 3.13. The third kappa shape index (κ3) is 3.54. The van der Waals surface area contributed by atoms with Crippen LogP contribution in [0, 0.1) is 18.8 Å². The van der Waals surface area contributed by atoms with Crippen molar-refractivity contribution in [1.29, 1.82) is 0 Å². The van der Waals surface area contributed by atoms with Crippen LogP contribution >= 0.6 is 0 Å². The van der Waals surface area contributed by atoms with Gasteiger partial charge in [-0.05, 0) is 56.2 Å². The normalized spacial score (nSPS) is 27.4. The molecule has 1 heterocycles. The summed E-state index contributed by atoms with van der Waals surface area (Å²) in [5.74, 6) is 3.72. The van der Waals surface area contributed by atoms with Gasteiger partial charge in [0.2, 0.25) is 5.91 Å². The maximum absolute atomic E-state index is 12.9. The topological polar surface area (TPSA) is 56.1 Å². The molecule has 2 aliphatic carbocycles. The van der Waals surface area contributed by atoms with Gasteiger partial charge in [0.1, 0.15) is 11.6 Å². The fraction of sp³-hybridized carbons (Fsp3) is 0.565. The van der Waals surface area contributed by atoms with Gasteiger partial charge < -0.3 is 14.6 Å². The Labute approximate surface area is 167 Å². The molecule has 2 aliphatic rings. The van der Waals surface area contributed by atoms with E-state index in [4.69, 9.17) is 4.74 Å². The van der Waals surface area contributed by atoms with Crippen LogP contribution in [0.2, 0.25) is 0 Å². The molecule has 0 aliphatic heterocycles. The number of aromatic nitrogens is 2. The van der Waals surface area contributed by atoms with Gasteiger partial charge in [-0.2, -0.15) is 0 Å². The van der Waals surface area contributed by atoms with Gasteiger partial charge in [-0.15, -0.1) is 0 Å². The highest BCUT2D eigenvalue weighted by molar-refractivity contribution is 5.77. The number of nitrogens with zero attached hydrogens (tertiary/aromatic N) is 2. The molecule has 4 rings (SSSR count). The van der Waals surface area contributed by atoms with Gasteiger partial charge >= 0.3 is 0 Å². The minimum absolute atomic E-state index is 0.115. The Balaban J connectivity index is 1.46. The number of imidazole rings is 1. The van der Waals surface area contributed by atoms with Crippen molar-refractivity contribution in [3.8, 4) is 5.75 Å². The zero-order valence-corrected chi connectivity index (χ0v) is 17.1. The van der Waals surface area contributed by atoms with E-state index in [1.807, 2.05) is 25.3 Å². The standard InChI is InChI=1S/C23H31N3O2/c1-15(26-13-12-24-16(26)2)14-21(27)25-23-20-7-5-4-6-19(20)22(23)17-8-10-18(28-3)11-9-17/h8-13,15,19-20,22-23H,4-7,14H2,1-3H3,(H,25,27)/t15-,19+,20-,22-,23-/m0/s1. The molecule has 1 amide bonds. The minimum atomic E-state index is 0.115. The van der Waals surface area contributed by atoms with E-state index in [1.165, 1.54) is 31.2 Å². The smallest absolute Gasteiger partial charge is 0.222 e. The first-order valence-electron chi connectivity index (χ1n) is 10.5. The van der Waals surface area contributed by atoms with E-state index in [-0.39, 0.29) is 18.0 Å². The summed E-state index contributed by atoms with van der Waals surface area (Å²) in [4.78, 5) is 17.1. The molecule has 28 heavy (non-hydrogen) atoms. The number of carbonyl (C=O) groups is 1. The molecule has 2 aromatic rings. The second-order valence-electron chi connectivity index (χ2n) is 8.44. The molecule has 1 aromatic carbocycles. The Morgan fingerprint density at radius 1 is 1.25 bits per heavy atom. The Morgan fingerprint density at radius 2 is 1.96 bits per heavy atom. The van der Waals surface area contributed by atoms with Gasteiger partial charge in [-0.1, -0.05) is 25.0 Å². The van der Waals surface area contributed by atoms with E-state index in [2.05, 4.69) is 33.9 Å². The van der Waals surface area contributed by atoms with Crippen molar-refractivity contribution in [1.82, 2.24) is 14.9 Å². The Kier molecular flexibility index (Phi) is 5.42. The number of benzene rings is 1. The summed E-state index contributed by atoms with van der Waals surface area (Å²) < 4.78 is 7.38. The van der Waals surface area contributed by atoms with Crippen LogP contribution in [0.5, 0.6) is 5.75 Å². The number of ether oxygens (including phenoxy) is 1. The van der Waals surface area contributed by atoms with Crippen molar-refractivity contribution >= 4 is 5.91 Å². The molecular weight excluding hydrogens is 350 g/mol. The van der Waals surface area contributed by atoms with Crippen LogP contribution < -0.4 is 10.1 Å². The summed E-state index contributed by atoms with van der Waals surface area (Å²) in [5.41, 5.74) is 1.33. The largest absolute Gasteiger partial charge is 0.497 e. The van der Waals surface area contributed by atoms with Crippen LogP contribution in [-0.4, -0.2) is 28.6 Å². The fourth-order valence-electron chi connectivity index (χ4n) is 5.41. The number of nitrogens with one attached hydrogen (secondary N) is 1. The number of carbonyl (C=O) groups excluding carboxylic acids is 1. The summed E-state index contributed by atoms with van der Waals surface area (Å²) in [6, 6.07) is 8.78. The van der Waals surface area contributed by atoms with E-state index >= 15 is 0 Å². The molecule has 0 bridgehead atoms. The molecular formula is C23H31N3O2. The lowest BCUT2D eigenvalue weighted by atomic mass is 9.53. The van der Waals surface area contributed by atoms with Crippen LogP contribution in [0.25, 0.3) is 0 Å². The molecule has 0 spiro atoms. The predicted octanol–water partition coefficient (Wildman–Crippen LogP) is 4.24. The van der Waals surface area contributed by atoms with Gasteiger partial charge in [0, 0.05) is 36.8 Å². The number of fused-ring (bicyclic) bond motifs is 1. The zero-order chi connectivity index (χ0) is 19.7. The Hall–Kier alpha value is -2.30. The van der Waals surface area contributed by atoms with Crippen molar-refractivity contribution in [3.63, 3.8) is 0 Å². The predicted molar refractivity (Wildman–Crippen MR) is 109 cm³/mol. The van der Waals surface area contributed by atoms with E-state index in [0.717, 1.165) is 11.6 Å². The molecule has 2 saturated carbocycles. The van der Waals surface area contributed by atoms with E-state index < -0.39 is 0 Å². The van der Waals surface area contributed by atoms with Crippen LogP contribution in [0.4, 0.5) is 0 Å². The van der Waals surface area contributed by atoms with Gasteiger partial charge in [-0.3, -0.25) is 4.79 Å². The second-order valence-corrected chi connectivity index (χ2v) is 8.44. The number of hydrogen-bond donors (Lipinski definition) is 1. The zero-order valence-electron chi connectivity index (χ0n) is 17.1. The second kappa shape index (κ2) is 7.98. The first kappa shape index (κ1) is 19.0. The lowest BCUT2D eigenvalue weighted by Gasteiger charge is -2.55. The van der Waals surface area contributed by atoms with Crippen LogP contribution in [0.15, 0.2) is 36.7 Å². The Morgan fingerprint density at radius 3 is 2.61 bits per heavy atom. The summed E-state index contributed by atoms with van der Waals surface area (Å²) in [6.45, 7) is 4.06. The third-order valence-electron chi connectivity index (χ3n) is 6.83. The maximum atomic E-state index is 12.9. The molecule has 2 fully saturated rings. The summed E-state index contributed by atoms with van der Waals surface area (Å²) in [6.07, 6.45) is 9.34. The van der Waals surface area contributed by atoms with Crippen LogP contribution in [0.1, 0.15) is 62.4 Å². The number of aryl methyl sites for hydroxylation is 1. The van der Waals surface area contributed by atoms with Gasteiger partial charge in [-0.25, -0.2) is 4.98 Å². The van der Waals surface area contributed by atoms with Crippen LogP contribution in [-0.2, 0) is 4.79 Å². The summed E-state index contributed by atoms with van der Waals surface area (Å²) in [7, 11) is 1.70. The molecule has 0 saturated heterocycles. The molecule has 1 aromatic heterocycles. The molecule has 5 nitrogen and oxygen atoms in total. The number of methoxy groups -OCH3 is 1. The van der Waals surface area contributed by atoms with Crippen molar-refractivity contribution in [2.24, 2.45) is 11.8 Å². The molecule has 5 atom stereocenters. The van der Waals surface area contributed by atoms with Crippen LogP contribution in [0.3, 0.4) is 0 Å².